The zero-order chi connectivity index (χ0) is 10.8. The van der Waals surface area contributed by atoms with Gasteiger partial charge in [-0.3, -0.25) is 10.1 Å². The van der Waals surface area contributed by atoms with Crippen molar-refractivity contribution in [3.05, 3.63) is 30.2 Å². The first kappa shape index (κ1) is 9.47. The topological polar surface area (TPSA) is 66.5 Å². The Labute approximate surface area is 93.3 Å². The summed E-state index contributed by atoms with van der Waals surface area (Å²) >= 11 is 0. The molecule has 1 unspecified atom stereocenters. The van der Waals surface area contributed by atoms with Crippen molar-refractivity contribution in [3.63, 3.8) is 0 Å². The maximum Gasteiger partial charge on any atom is 0.199 e. The van der Waals surface area contributed by atoms with E-state index in [0.29, 0.717) is 11.9 Å². The molecule has 1 aliphatic rings. The van der Waals surface area contributed by atoms with Crippen molar-refractivity contribution in [2.24, 2.45) is 0 Å². The molecule has 16 heavy (non-hydrogen) atoms. The molecular weight excluding hydrogens is 202 g/mol. The van der Waals surface area contributed by atoms with Gasteiger partial charge in [-0.1, -0.05) is 6.07 Å². The van der Waals surface area contributed by atoms with E-state index < -0.39 is 0 Å². The summed E-state index contributed by atoms with van der Waals surface area (Å²) in [7, 11) is 0. The van der Waals surface area contributed by atoms with Gasteiger partial charge in [0.2, 0.25) is 0 Å². The molecule has 0 spiro atoms. The first-order valence-corrected chi connectivity index (χ1v) is 5.50. The molecule has 1 atom stereocenters. The maximum atomic E-state index is 4.47. The molecular formula is C11H13N5. The number of H-pyrrole nitrogens is 1. The monoisotopic (exact) mass is 215 g/mol. The molecule has 0 amide bonds. The minimum absolute atomic E-state index is 0.324. The summed E-state index contributed by atoms with van der Waals surface area (Å²) in [6.07, 6.45) is 4.07. The van der Waals surface area contributed by atoms with Gasteiger partial charge in [-0.05, 0) is 31.5 Å². The number of rotatable bonds is 2. The van der Waals surface area contributed by atoms with E-state index in [1.165, 1.54) is 6.42 Å². The highest BCUT2D eigenvalue weighted by atomic mass is 15.2. The molecule has 3 heterocycles. The van der Waals surface area contributed by atoms with E-state index >= 15 is 0 Å². The van der Waals surface area contributed by atoms with Crippen molar-refractivity contribution in [2.45, 2.75) is 18.9 Å². The predicted octanol–water partition coefficient (Wildman–Crippen LogP) is 1.29. The highest BCUT2D eigenvalue weighted by Crippen LogP contribution is 2.21. The van der Waals surface area contributed by atoms with Crippen LogP contribution < -0.4 is 5.32 Å². The second-order valence-corrected chi connectivity index (χ2v) is 3.91. The highest BCUT2D eigenvalue weighted by molar-refractivity contribution is 5.47. The average Bonchev–Trinajstić information content (AvgIpc) is 3.01. The Morgan fingerprint density at radius 3 is 3.06 bits per heavy atom. The summed E-state index contributed by atoms with van der Waals surface area (Å²) < 4.78 is 0. The highest BCUT2D eigenvalue weighted by Gasteiger charge is 2.20. The normalized spacial score (nSPS) is 20.1. The molecule has 0 aliphatic carbocycles. The summed E-state index contributed by atoms with van der Waals surface area (Å²) in [4.78, 5) is 8.69. The maximum absolute atomic E-state index is 4.47. The molecule has 2 N–H and O–H groups in total. The Kier molecular flexibility index (Phi) is 2.38. The largest absolute Gasteiger partial charge is 0.307 e. The minimum atomic E-state index is 0.324. The second kappa shape index (κ2) is 4.02. The quantitative estimate of drug-likeness (QED) is 0.792. The van der Waals surface area contributed by atoms with Gasteiger partial charge in [-0.25, -0.2) is 4.98 Å². The van der Waals surface area contributed by atoms with Gasteiger partial charge in [-0.2, -0.15) is 5.10 Å². The lowest BCUT2D eigenvalue weighted by Crippen LogP contribution is -2.14. The van der Waals surface area contributed by atoms with Crippen LogP contribution in [0.25, 0.3) is 11.5 Å². The Hall–Kier alpha value is -1.75. The fraction of sp³-hybridized carbons (Fsp3) is 0.364. The molecule has 2 aromatic rings. The average molecular weight is 215 g/mol. The molecule has 1 fully saturated rings. The van der Waals surface area contributed by atoms with E-state index in [1.54, 1.807) is 6.20 Å². The van der Waals surface area contributed by atoms with Crippen LogP contribution >= 0.6 is 0 Å². The number of hydrogen-bond donors (Lipinski definition) is 2. The van der Waals surface area contributed by atoms with Crippen molar-refractivity contribution >= 4 is 0 Å². The fourth-order valence-corrected chi connectivity index (χ4v) is 1.96. The van der Waals surface area contributed by atoms with Crippen LogP contribution in [0.2, 0.25) is 0 Å². The van der Waals surface area contributed by atoms with Gasteiger partial charge in [0.15, 0.2) is 5.82 Å². The zero-order valence-corrected chi connectivity index (χ0v) is 8.85. The van der Waals surface area contributed by atoms with Gasteiger partial charge in [-0.15, -0.1) is 0 Å². The molecule has 1 aliphatic heterocycles. The van der Waals surface area contributed by atoms with Crippen LogP contribution in [0.15, 0.2) is 24.4 Å². The van der Waals surface area contributed by atoms with Gasteiger partial charge in [0.25, 0.3) is 0 Å². The van der Waals surface area contributed by atoms with Crippen molar-refractivity contribution in [1.29, 1.82) is 0 Å². The molecule has 0 aromatic carbocycles. The Balaban J connectivity index is 1.87. The standard InChI is InChI=1S/C11H13N5/c1-2-6-12-8(4-1)10-14-11(16-15-10)9-5-3-7-13-9/h1-2,4,6,9,13H,3,5,7H2,(H,14,15,16). The van der Waals surface area contributed by atoms with E-state index in [1.807, 2.05) is 18.2 Å². The lowest BCUT2D eigenvalue weighted by Gasteiger charge is -2.03. The molecule has 82 valence electrons. The van der Waals surface area contributed by atoms with E-state index in [0.717, 1.165) is 24.5 Å². The molecule has 0 radical (unpaired) electrons. The summed E-state index contributed by atoms with van der Waals surface area (Å²) in [5.74, 6) is 1.59. The van der Waals surface area contributed by atoms with E-state index in [4.69, 9.17) is 0 Å². The van der Waals surface area contributed by atoms with Gasteiger partial charge in [0, 0.05) is 6.20 Å². The number of hydrogen-bond acceptors (Lipinski definition) is 4. The third kappa shape index (κ3) is 1.69. The van der Waals surface area contributed by atoms with Crippen LogP contribution in [0, 0.1) is 0 Å². The second-order valence-electron chi connectivity index (χ2n) is 3.91. The van der Waals surface area contributed by atoms with Gasteiger partial charge in [0.1, 0.15) is 11.5 Å². The summed E-state index contributed by atoms with van der Waals surface area (Å²) in [5, 5.41) is 10.6. The molecule has 5 nitrogen and oxygen atoms in total. The predicted molar refractivity (Wildman–Crippen MR) is 59.6 cm³/mol. The van der Waals surface area contributed by atoms with Crippen molar-refractivity contribution in [3.8, 4) is 11.5 Å². The smallest absolute Gasteiger partial charge is 0.199 e. The zero-order valence-electron chi connectivity index (χ0n) is 8.85. The summed E-state index contributed by atoms with van der Waals surface area (Å²) in [5.41, 5.74) is 0.808. The Morgan fingerprint density at radius 1 is 1.31 bits per heavy atom. The molecule has 1 saturated heterocycles. The number of aromatic nitrogens is 4. The third-order valence-corrected chi connectivity index (χ3v) is 2.79. The minimum Gasteiger partial charge on any atom is -0.307 e. The third-order valence-electron chi connectivity index (χ3n) is 2.79. The lowest BCUT2D eigenvalue weighted by molar-refractivity contribution is 0.608. The van der Waals surface area contributed by atoms with Crippen LogP contribution in [-0.4, -0.2) is 26.7 Å². The number of nitrogens with zero attached hydrogens (tertiary/aromatic N) is 3. The number of aromatic amines is 1. The number of pyridine rings is 1. The van der Waals surface area contributed by atoms with E-state index in [-0.39, 0.29) is 0 Å². The van der Waals surface area contributed by atoms with Crippen molar-refractivity contribution in [2.75, 3.05) is 6.54 Å². The van der Waals surface area contributed by atoms with Gasteiger partial charge in [0.05, 0.1) is 6.04 Å². The van der Waals surface area contributed by atoms with Crippen molar-refractivity contribution in [1.82, 2.24) is 25.5 Å². The van der Waals surface area contributed by atoms with Crippen LogP contribution in [0.3, 0.4) is 0 Å². The van der Waals surface area contributed by atoms with Crippen LogP contribution in [0.5, 0.6) is 0 Å². The first-order valence-electron chi connectivity index (χ1n) is 5.50. The van der Waals surface area contributed by atoms with Crippen LogP contribution in [0.4, 0.5) is 0 Å². The van der Waals surface area contributed by atoms with E-state index in [9.17, 15) is 0 Å². The molecule has 0 bridgehead atoms. The fourth-order valence-electron chi connectivity index (χ4n) is 1.96. The molecule has 2 aromatic heterocycles. The Bertz CT molecular complexity index is 458. The SMILES string of the molecule is c1ccc(-c2n[nH]c(C3CCCN3)n2)nc1. The molecule has 3 rings (SSSR count). The van der Waals surface area contributed by atoms with Gasteiger partial charge < -0.3 is 5.32 Å². The van der Waals surface area contributed by atoms with Crippen LogP contribution in [-0.2, 0) is 0 Å². The van der Waals surface area contributed by atoms with Gasteiger partial charge >= 0.3 is 0 Å². The molecule has 0 saturated carbocycles. The number of nitrogens with one attached hydrogen (secondary N) is 2. The lowest BCUT2D eigenvalue weighted by atomic mass is 10.2. The summed E-state index contributed by atoms with van der Waals surface area (Å²) in [6, 6.07) is 6.06. The van der Waals surface area contributed by atoms with E-state index in [2.05, 4.69) is 25.5 Å². The Morgan fingerprint density at radius 2 is 2.31 bits per heavy atom. The summed E-state index contributed by atoms with van der Waals surface area (Å²) in [6.45, 7) is 1.06. The molecule has 5 heteroatoms. The first-order chi connectivity index (χ1) is 7.93. The van der Waals surface area contributed by atoms with Crippen molar-refractivity contribution < 1.29 is 0 Å². The van der Waals surface area contributed by atoms with Crippen LogP contribution in [0.1, 0.15) is 24.7 Å².